The van der Waals surface area contributed by atoms with Crippen molar-refractivity contribution in [1.82, 2.24) is 10.2 Å². The van der Waals surface area contributed by atoms with E-state index in [1.165, 1.54) is 6.42 Å². The Balaban J connectivity index is 1.98. The van der Waals surface area contributed by atoms with E-state index in [9.17, 15) is 0 Å². The van der Waals surface area contributed by atoms with Crippen molar-refractivity contribution in [2.24, 2.45) is 11.7 Å². The molecule has 90 valence electrons. The van der Waals surface area contributed by atoms with Crippen molar-refractivity contribution in [2.45, 2.75) is 35.4 Å². The minimum atomic E-state index is 0.360. The van der Waals surface area contributed by atoms with Gasteiger partial charge in [0.05, 0.1) is 0 Å². The third-order valence-corrected chi connectivity index (χ3v) is 5.75. The minimum Gasteiger partial charge on any atom is -0.353 e. The zero-order chi connectivity index (χ0) is 11.7. The number of hydrogen-bond donors (Lipinski definition) is 1. The largest absolute Gasteiger partial charge is 0.353 e. The summed E-state index contributed by atoms with van der Waals surface area (Å²) in [6, 6.07) is 0.360. The van der Waals surface area contributed by atoms with Crippen LogP contribution >= 0.6 is 23.1 Å². The van der Waals surface area contributed by atoms with Crippen LogP contribution in [0.3, 0.4) is 0 Å². The molecule has 0 amide bonds. The van der Waals surface area contributed by atoms with Gasteiger partial charge in [-0.1, -0.05) is 30.0 Å². The standard InChI is InChI=1S/C10H18N4S2/c1-6-7(11)4-5-8(6)15-10-13-12-9(16-10)14(2)3/h6-8H,4-5,11H2,1-3H3. The zero-order valence-electron chi connectivity index (χ0n) is 9.88. The molecule has 1 aromatic heterocycles. The molecule has 4 nitrogen and oxygen atoms in total. The van der Waals surface area contributed by atoms with Gasteiger partial charge in [-0.05, 0) is 18.8 Å². The van der Waals surface area contributed by atoms with Crippen molar-refractivity contribution in [2.75, 3.05) is 19.0 Å². The van der Waals surface area contributed by atoms with Crippen LogP contribution in [-0.2, 0) is 0 Å². The minimum absolute atomic E-state index is 0.360. The second-order valence-corrected chi connectivity index (χ2v) is 6.94. The molecular weight excluding hydrogens is 240 g/mol. The van der Waals surface area contributed by atoms with E-state index in [0.29, 0.717) is 17.2 Å². The van der Waals surface area contributed by atoms with Gasteiger partial charge in [0.1, 0.15) is 0 Å². The molecule has 1 heterocycles. The fraction of sp³-hybridized carbons (Fsp3) is 0.800. The average Bonchev–Trinajstić information content (AvgIpc) is 2.81. The Morgan fingerprint density at radius 3 is 2.62 bits per heavy atom. The summed E-state index contributed by atoms with van der Waals surface area (Å²) < 4.78 is 1.06. The first kappa shape index (κ1) is 12.1. The predicted octanol–water partition coefficient (Wildman–Crippen LogP) is 1.82. The first-order valence-corrected chi connectivity index (χ1v) is 7.20. The fourth-order valence-corrected chi connectivity index (χ4v) is 4.19. The summed E-state index contributed by atoms with van der Waals surface area (Å²) in [4.78, 5) is 1.99. The molecule has 0 radical (unpaired) electrons. The average molecular weight is 258 g/mol. The number of aromatic nitrogens is 2. The Morgan fingerprint density at radius 1 is 1.38 bits per heavy atom. The molecule has 6 heteroatoms. The Hall–Kier alpha value is -0.330. The quantitative estimate of drug-likeness (QED) is 0.896. The highest BCUT2D eigenvalue weighted by Gasteiger charge is 2.31. The Labute approximate surface area is 105 Å². The van der Waals surface area contributed by atoms with Gasteiger partial charge in [-0.2, -0.15) is 0 Å². The number of hydrogen-bond acceptors (Lipinski definition) is 6. The molecule has 0 spiro atoms. The smallest absolute Gasteiger partial charge is 0.208 e. The van der Waals surface area contributed by atoms with E-state index < -0.39 is 0 Å². The highest BCUT2D eigenvalue weighted by atomic mass is 32.2. The molecule has 2 N–H and O–H groups in total. The maximum Gasteiger partial charge on any atom is 0.208 e. The third kappa shape index (κ3) is 2.49. The summed E-state index contributed by atoms with van der Waals surface area (Å²) in [6.45, 7) is 2.24. The molecular formula is C10H18N4S2. The van der Waals surface area contributed by atoms with Crippen LogP contribution in [0.4, 0.5) is 5.13 Å². The predicted molar refractivity (Wildman–Crippen MR) is 70.3 cm³/mol. The number of anilines is 1. The van der Waals surface area contributed by atoms with E-state index in [-0.39, 0.29) is 0 Å². The van der Waals surface area contributed by atoms with E-state index in [2.05, 4.69) is 17.1 Å². The summed E-state index contributed by atoms with van der Waals surface area (Å²) in [7, 11) is 3.98. The summed E-state index contributed by atoms with van der Waals surface area (Å²) in [5.74, 6) is 0.580. The maximum absolute atomic E-state index is 6.02. The van der Waals surface area contributed by atoms with Crippen molar-refractivity contribution in [3.8, 4) is 0 Å². The Kier molecular flexibility index (Phi) is 3.71. The van der Waals surface area contributed by atoms with Gasteiger partial charge in [0.25, 0.3) is 0 Å². The van der Waals surface area contributed by atoms with Gasteiger partial charge in [0.15, 0.2) is 4.34 Å². The molecule has 0 bridgehead atoms. The first-order chi connectivity index (χ1) is 7.58. The molecule has 1 aliphatic rings. The van der Waals surface area contributed by atoms with Crippen LogP contribution in [0.1, 0.15) is 19.8 Å². The number of thioether (sulfide) groups is 1. The topological polar surface area (TPSA) is 55.0 Å². The lowest BCUT2D eigenvalue weighted by atomic mass is 10.1. The van der Waals surface area contributed by atoms with Gasteiger partial charge in [-0.25, -0.2) is 0 Å². The molecule has 16 heavy (non-hydrogen) atoms. The van der Waals surface area contributed by atoms with E-state index in [4.69, 9.17) is 5.73 Å². The molecule has 1 fully saturated rings. The van der Waals surface area contributed by atoms with Crippen molar-refractivity contribution < 1.29 is 0 Å². The van der Waals surface area contributed by atoms with E-state index in [1.807, 2.05) is 30.8 Å². The van der Waals surface area contributed by atoms with Gasteiger partial charge in [0, 0.05) is 25.4 Å². The summed E-state index contributed by atoms with van der Waals surface area (Å²) in [5.41, 5.74) is 6.02. The molecule has 1 saturated carbocycles. The summed E-state index contributed by atoms with van der Waals surface area (Å²) >= 11 is 3.50. The molecule has 0 aromatic carbocycles. The Bertz CT molecular complexity index is 352. The second kappa shape index (κ2) is 4.89. The number of nitrogens with zero attached hydrogens (tertiary/aromatic N) is 3. The molecule has 2 rings (SSSR count). The number of rotatable bonds is 3. The van der Waals surface area contributed by atoms with E-state index in [0.717, 1.165) is 15.9 Å². The van der Waals surface area contributed by atoms with Crippen LogP contribution in [0.15, 0.2) is 4.34 Å². The van der Waals surface area contributed by atoms with Crippen LogP contribution in [0.5, 0.6) is 0 Å². The van der Waals surface area contributed by atoms with Gasteiger partial charge >= 0.3 is 0 Å². The molecule has 0 saturated heterocycles. The van der Waals surface area contributed by atoms with E-state index in [1.54, 1.807) is 11.3 Å². The lowest BCUT2D eigenvalue weighted by Crippen LogP contribution is -2.25. The highest BCUT2D eigenvalue weighted by molar-refractivity contribution is 8.01. The van der Waals surface area contributed by atoms with Crippen LogP contribution < -0.4 is 10.6 Å². The number of nitrogens with two attached hydrogens (primary N) is 1. The summed E-state index contributed by atoms with van der Waals surface area (Å²) in [5, 5.41) is 9.93. The van der Waals surface area contributed by atoms with Crippen LogP contribution in [0.2, 0.25) is 0 Å². The molecule has 3 atom stereocenters. The fourth-order valence-electron chi connectivity index (χ4n) is 1.88. The molecule has 1 aromatic rings. The molecule has 0 aliphatic heterocycles. The van der Waals surface area contributed by atoms with Crippen LogP contribution in [-0.4, -0.2) is 35.6 Å². The van der Waals surface area contributed by atoms with Crippen LogP contribution in [0.25, 0.3) is 0 Å². The normalized spacial score (nSPS) is 29.6. The zero-order valence-corrected chi connectivity index (χ0v) is 11.5. The van der Waals surface area contributed by atoms with Crippen molar-refractivity contribution in [3.63, 3.8) is 0 Å². The third-order valence-electron chi connectivity index (χ3n) is 3.08. The monoisotopic (exact) mass is 258 g/mol. The maximum atomic E-state index is 6.02. The lowest BCUT2D eigenvalue weighted by molar-refractivity contribution is 0.535. The first-order valence-electron chi connectivity index (χ1n) is 5.51. The van der Waals surface area contributed by atoms with Gasteiger partial charge in [-0.15, -0.1) is 10.2 Å². The Morgan fingerprint density at radius 2 is 2.12 bits per heavy atom. The molecule has 1 aliphatic carbocycles. The highest BCUT2D eigenvalue weighted by Crippen LogP contribution is 2.40. The van der Waals surface area contributed by atoms with Gasteiger partial charge in [-0.3, -0.25) is 0 Å². The van der Waals surface area contributed by atoms with Crippen molar-refractivity contribution in [1.29, 1.82) is 0 Å². The summed E-state index contributed by atoms with van der Waals surface area (Å²) in [6.07, 6.45) is 2.34. The SMILES string of the molecule is CC1C(N)CCC1Sc1nnc(N(C)C)s1. The van der Waals surface area contributed by atoms with Gasteiger partial charge < -0.3 is 10.6 Å². The van der Waals surface area contributed by atoms with Crippen LogP contribution in [0, 0.1) is 5.92 Å². The van der Waals surface area contributed by atoms with Crippen molar-refractivity contribution in [3.05, 3.63) is 0 Å². The molecule has 3 unspecified atom stereocenters. The van der Waals surface area contributed by atoms with Gasteiger partial charge in [0.2, 0.25) is 5.13 Å². The lowest BCUT2D eigenvalue weighted by Gasteiger charge is -2.15. The van der Waals surface area contributed by atoms with Crippen molar-refractivity contribution >= 4 is 28.2 Å². The second-order valence-electron chi connectivity index (χ2n) is 4.50. The van der Waals surface area contributed by atoms with E-state index >= 15 is 0 Å².